The molecule has 154 valence electrons. The highest BCUT2D eigenvalue weighted by atomic mass is 35.5. The Morgan fingerprint density at radius 1 is 1.00 bits per heavy atom. The average molecular weight is 429 g/mol. The maximum Gasteiger partial charge on any atom is 0.321 e. The molecule has 1 saturated heterocycles. The third-order valence-corrected chi connectivity index (χ3v) is 4.91. The van der Waals surface area contributed by atoms with Gasteiger partial charge in [-0.3, -0.25) is 14.9 Å². The summed E-state index contributed by atoms with van der Waals surface area (Å²) in [7, 11) is 0. The third-order valence-electron chi connectivity index (χ3n) is 4.17. The van der Waals surface area contributed by atoms with Crippen LogP contribution in [-0.4, -0.2) is 55.5 Å². The third kappa shape index (κ3) is 7.94. The lowest BCUT2D eigenvalue weighted by atomic mass is 10.2. The second kappa shape index (κ2) is 11.1. The maximum atomic E-state index is 12.2. The van der Waals surface area contributed by atoms with Crippen LogP contribution in [0.1, 0.15) is 32.6 Å². The van der Waals surface area contributed by atoms with E-state index in [-0.39, 0.29) is 18.9 Å². The molecular weight excluding hydrogens is 403 g/mol. The number of nitrogens with zero attached hydrogens (tertiary/aromatic N) is 2. The van der Waals surface area contributed by atoms with Gasteiger partial charge in [0.1, 0.15) is 0 Å². The molecule has 0 unspecified atom stereocenters. The number of carbonyl (C=O) groups is 3. The second-order valence-electron chi connectivity index (χ2n) is 6.71. The molecule has 3 rings (SSSR count). The van der Waals surface area contributed by atoms with Gasteiger partial charge in [-0.1, -0.05) is 42.5 Å². The molecule has 0 aromatic heterocycles. The zero-order valence-corrected chi connectivity index (χ0v) is 17.5. The first kappa shape index (κ1) is 22.3. The molecule has 1 aliphatic carbocycles. The number of halogens is 2. The van der Waals surface area contributed by atoms with Crippen LogP contribution in [0.2, 0.25) is 10.0 Å². The fraction of sp³-hybridized carbons (Fsp3) is 0.526. The van der Waals surface area contributed by atoms with Crippen LogP contribution in [0.25, 0.3) is 0 Å². The number of amides is 4. The van der Waals surface area contributed by atoms with Crippen molar-refractivity contribution in [2.75, 3.05) is 37.6 Å². The van der Waals surface area contributed by atoms with Crippen molar-refractivity contribution in [1.82, 2.24) is 15.5 Å². The second-order valence-corrected chi connectivity index (χ2v) is 7.53. The Labute approximate surface area is 175 Å². The minimum Gasteiger partial charge on any atom is -0.368 e. The van der Waals surface area contributed by atoms with Gasteiger partial charge in [0.15, 0.2) is 0 Å². The van der Waals surface area contributed by atoms with Crippen LogP contribution in [-0.2, 0) is 9.59 Å². The topological polar surface area (TPSA) is 81.8 Å². The monoisotopic (exact) mass is 428 g/mol. The number of urea groups is 1. The van der Waals surface area contributed by atoms with Crippen molar-refractivity contribution in [3.05, 3.63) is 28.2 Å². The number of hydrogen-bond donors (Lipinski definition) is 2. The van der Waals surface area contributed by atoms with E-state index >= 15 is 0 Å². The average Bonchev–Trinajstić information content (AvgIpc) is 3.52. The van der Waals surface area contributed by atoms with E-state index in [4.69, 9.17) is 23.2 Å². The van der Waals surface area contributed by atoms with Gasteiger partial charge in [0.2, 0.25) is 11.8 Å². The summed E-state index contributed by atoms with van der Waals surface area (Å²) in [6, 6.07) is 4.89. The molecule has 2 N–H and O–H groups in total. The summed E-state index contributed by atoms with van der Waals surface area (Å²) in [6.07, 6.45) is 4.69. The highest BCUT2D eigenvalue weighted by Gasteiger charge is 2.21. The summed E-state index contributed by atoms with van der Waals surface area (Å²) in [5, 5.41) is 5.58. The Kier molecular flexibility index (Phi) is 8.86. The molecule has 0 spiro atoms. The minimum atomic E-state index is -0.593. The largest absolute Gasteiger partial charge is 0.368 e. The summed E-state index contributed by atoms with van der Waals surface area (Å²) < 4.78 is 0. The Morgan fingerprint density at radius 2 is 1.64 bits per heavy atom. The van der Waals surface area contributed by atoms with E-state index < -0.39 is 11.9 Å². The maximum absolute atomic E-state index is 12.2. The van der Waals surface area contributed by atoms with Crippen molar-refractivity contribution in [1.29, 1.82) is 0 Å². The number of piperazine rings is 1. The number of nitrogens with one attached hydrogen (secondary N) is 2. The van der Waals surface area contributed by atoms with Crippen molar-refractivity contribution in [3.63, 3.8) is 0 Å². The van der Waals surface area contributed by atoms with Crippen LogP contribution in [0.4, 0.5) is 10.5 Å². The number of anilines is 1. The molecule has 0 radical (unpaired) electrons. The van der Waals surface area contributed by atoms with E-state index in [1.807, 2.05) is 12.1 Å². The van der Waals surface area contributed by atoms with Gasteiger partial charge in [0.05, 0.1) is 10.0 Å². The Morgan fingerprint density at radius 3 is 2.18 bits per heavy atom. The summed E-state index contributed by atoms with van der Waals surface area (Å²) in [6.45, 7) is 4.02. The molecule has 1 aromatic rings. The van der Waals surface area contributed by atoms with Crippen LogP contribution < -0.4 is 15.5 Å². The fourth-order valence-electron chi connectivity index (χ4n) is 2.54. The number of carbonyl (C=O) groups excluding carboxylic acids is 3. The predicted octanol–water partition coefficient (Wildman–Crippen LogP) is 3.05. The normalized spacial score (nSPS) is 15.2. The van der Waals surface area contributed by atoms with Crippen molar-refractivity contribution in [3.8, 4) is 0 Å². The van der Waals surface area contributed by atoms with E-state index in [1.54, 1.807) is 11.0 Å². The molecule has 2 fully saturated rings. The predicted molar refractivity (Wildman–Crippen MR) is 111 cm³/mol. The van der Waals surface area contributed by atoms with Crippen LogP contribution in [0, 0.1) is 0 Å². The summed E-state index contributed by atoms with van der Waals surface area (Å²) in [5.74, 6) is -0.473. The fourth-order valence-corrected chi connectivity index (χ4v) is 2.83. The van der Waals surface area contributed by atoms with Crippen molar-refractivity contribution >= 4 is 46.7 Å². The van der Waals surface area contributed by atoms with Crippen LogP contribution in [0.3, 0.4) is 0 Å². The standard InChI is InChI=1S/C16H20Cl2N4O3.C3H6/c1-11(23)20-16(25)19-5-4-15(24)22-8-6-21(7-9-22)12-2-3-13(17)14(18)10-12;1-2-3-1/h2-3,10H,4-9H2,1H3,(H2,19,20,23,25);1-3H2. The van der Waals surface area contributed by atoms with Gasteiger partial charge >= 0.3 is 6.03 Å². The zero-order valence-electron chi connectivity index (χ0n) is 16.0. The number of benzene rings is 1. The minimum absolute atomic E-state index is 0.0306. The highest BCUT2D eigenvalue weighted by Crippen LogP contribution is 2.27. The van der Waals surface area contributed by atoms with E-state index in [0.29, 0.717) is 36.2 Å². The van der Waals surface area contributed by atoms with Crippen molar-refractivity contribution in [2.24, 2.45) is 0 Å². The molecule has 1 saturated carbocycles. The number of rotatable bonds is 4. The molecule has 1 aromatic carbocycles. The lowest BCUT2D eigenvalue weighted by Gasteiger charge is -2.36. The van der Waals surface area contributed by atoms with Gasteiger partial charge in [-0.15, -0.1) is 0 Å². The lowest BCUT2D eigenvalue weighted by molar-refractivity contribution is -0.131. The molecule has 28 heavy (non-hydrogen) atoms. The number of imide groups is 1. The Balaban J connectivity index is 0.000000849. The molecule has 2 aliphatic rings. The highest BCUT2D eigenvalue weighted by molar-refractivity contribution is 6.42. The van der Waals surface area contributed by atoms with Crippen LogP contribution >= 0.6 is 23.2 Å². The zero-order chi connectivity index (χ0) is 20.5. The van der Waals surface area contributed by atoms with Crippen molar-refractivity contribution in [2.45, 2.75) is 32.6 Å². The molecule has 0 bridgehead atoms. The van der Waals surface area contributed by atoms with E-state index in [0.717, 1.165) is 5.69 Å². The van der Waals surface area contributed by atoms with E-state index in [2.05, 4.69) is 15.5 Å². The first-order valence-corrected chi connectivity index (χ1v) is 10.2. The molecule has 0 atom stereocenters. The first-order chi connectivity index (χ1) is 13.4. The van der Waals surface area contributed by atoms with Gasteiger partial charge in [-0.2, -0.15) is 0 Å². The molecule has 1 aliphatic heterocycles. The van der Waals surface area contributed by atoms with Gasteiger partial charge in [-0.25, -0.2) is 4.79 Å². The van der Waals surface area contributed by atoms with E-state index in [1.165, 1.54) is 26.2 Å². The van der Waals surface area contributed by atoms with Gasteiger partial charge < -0.3 is 15.1 Å². The smallest absolute Gasteiger partial charge is 0.321 e. The summed E-state index contributed by atoms with van der Waals surface area (Å²) in [4.78, 5) is 38.1. The summed E-state index contributed by atoms with van der Waals surface area (Å²) in [5.41, 5.74) is 0.976. The number of hydrogen-bond acceptors (Lipinski definition) is 4. The Bertz CT molecular complexity index is 702. The first-order valence-electron chi connectivity index (χ1n) is 9.40. The molecule has 7 nitrogen and oxygen atoms in total. The van der Waals surface area contributed by atoms with Gasteiger partial charge in [-0.05, 0) is 18.2 Å². The quantitative estimate of drug-likeness (QED) is 0.771. The Hall–Kier alpha value is -1.99. The molecule has 4 amide bonds. The van der Waals surface area contributed by atoms with Crippen LogP contribution in [0.5, 0.6) is 0 Å². The van der Waals surface area contributed by atoms with Gasteiger partial charge in [0.25, 0.3) is 0 Å². The van der Waals surface area contributed by atoms with Crippen LogP contribution in [0.15, 0.2) is 18.2 Å². The van der Waals surface area contributed by atoms with Gasteiger partial charge in [0, 0.05) is 51.8 Å². The molecule has 1 heterocycles. The lowest BCUT2D eigenvalue weighted by Crippen LogP contribution is -2.49. The van der Waals surface area contributed by atoms with Crippen molar-refractivity contribution < 1.29 is 14.4 Å². The molecular formula is C19H26Cl2N4O3. The summed E-state index contributed by atoms with van der Waals surface area (Å²) >= 11 is 12.0. The SMILES string of the molecule is C1CC1.CC(=O)NC(=O)NCCC(=O)N1CCN(c2ccc(Cl)c(Cl)c2)CC1. The molecule has 9 heteroatoms. The van der Waals surface area contributed by atoms with E-state index in [9.17, 15) is 14.4 Å².